The minimum atomic E-state index is 0.406. The number of fused-ring (bicyclic) bond motifs is 3. The van der Waals surface area contributed by atoms with E-state index in [9.17, 15) is 0 Å². The van der Waals surface area contributed by atoms with Crippen molar-refractivity contribution >= 4 is 26.7 Å². The second-order valence-corrected chi connectivity index (χ2v) is 6.33. The summed E-state index contributed by atoms with van der Waals surface area (Å²) in [4.78, 5) is 4.71. The molecule has 0 spiro atoms. The molecule has 4 heteroatoms. The third-order valence-corrected chi connectivity index (χ3v) is 4.99. The summed E-state index contributed by atoms with van der Waals surface area (Å²) < 4.78 is 7.13. The van der Waals surface area contributed by atoms with Crippen molar-refractivity contribution in [1.29, 1.82) is 0 Å². The van der Waals surface area contributed by atoms with Gasteiger partial charge in [-0.05, 0) is 37.8 Å². The molecule has 2 aliphatic heterocycles. The zero-order valence-corrected chi connectivity index (χ0v) is 11.2. The largest absolute Gasteiger partial charge is 0.373 e. The normalized spacial score (nSPS) is 30.2. The summed E-state index contributed by atoms with van der Waals surface area (Å²) >= 11 is 1.75. The molecule has 3 nitrogen and oxygen atoms in total. The molecule has 2 saturated heterocycles. The van der Waals surface area contributed by atoms with Gasteiger partial charge in [-0.25, -0.2) is 4.98 Å². The summed E-state index contributed by atoms with van der Waals surface area (Å²) in [6, 6.07) is 6.82. The number of thiazole rings is 1. The lowest BCUT2D eigenvalue weighted by Gasteiger charge is -2.19. The van der Waals surface area contributed by atoms with Crippen molar-refractivity contribution in [3.63, 3.8) is 0 Å². The highest BCUT2D eigenvalue weighted by molar-refractivity contribution is 7.22. The molecule has 4 rings (SSSR count). The molecule has 1 aromatic carbocycles. The first-order valence-corrected chi connectivity index (χ1v) is 7.39. The zero-order chi connectivity index (χ0) is 12.1. The molecule has 0 saturated carbocycles. The molecule has 1 N–H and O–H groups in total. The molecule has 2 bridgehead atoms. The lowest BCUT2D eigenvalue weighted by atomic mass is 9.96. The van der Waals surface area contributed by atoms with E-state index < -0.39 is 0 Å². The van der Waals surface area contributed by atoms with Gasteiger partial charge in [-0.2, -0.15) is 0 Å². The highest BCUT2D eigenvalue weighted by Crippen LogP contribution is 2.37. The standard InChI is InChI=1S/C14H16N2OS/c1-8-3-2-4-12-13(8)16-14(18-12)15-10-7-9-5-6-11(10)17-9/h2-4,9-11H,5-7H2,1H3,(H,15,16). The molecule has 0 aliphatic carbocycles. The van der Waals surface area contributed by atoms with Gasteiger partial charge in [0.25, 0.3) is 0 Å². The van der Waals surface area contributed by atoms with Crippen molar-refractivity contribution in [2.45, 2.75) is 44.4 Å². The first-order valence-electron chi connectivity index (χ1n) is 6.58. The van der Waals surface area contributed by atoms with Crippen molar-refractivity contribution in [1.82, 2.24) is 4.98 Å². The fourth-order valence-corrected chi connectivity index (χ4v) is 4.10. The summed E-state index contributed by atoms with van der Waals surface area (Å²) in [5, 5.41) is 4.61. The van der Waals surface area contributed by atoms with Gasteiger partial charge in [-0.1, -0.05) is 23.5 Å². The minimum Gasteiger partial charge on any atom is -0.373 e. The Morgan fingerprint density at radius 1 is 1.39 bits per heavy atom. The number of rotatable bonds is 2. The Balaban J connectivity index is 1.61. The molecule has 3 heterocycles. The highest BCUT2D eigenvalue weighted by Gasteiger charge is 2.40. The van der Waals surface area contributed by atoms with E-state index in [-0.39, 0.29) is 0 Å². The summed E-state index contributed by atoms with van der Waals surface area (Å²) in [5.74, 6) is 0. The molecular weight excluding hydrogens is 244 g/mol. The Hall–Kier alpha value is -1.13. The van der Waals surface area contributed by atoms with Crippen LogP contribution in [0.5, 0.6) is 0 Å². The Kier molecular flexibility index (Phi) is 2.35. The van der Waals surface area contributed by atoms with Gasteiger partial charge in [0.2, 0.25) is 0 Å². The molecule has 94 valence electrons. The highest BCUT2D eigenvalue weighted by atomic mass is 32.1. The molecule has 18 heavy (non-hydrogen) atoms. The molecule has 2 aliphatic rings. The van der Waals surface area contributed by atoms with E-state index >= 15 is 0 Å². The van der Waals surface area contributed by atoms with Crippen LogP contribution >= 0.6 is 11.3 Å². The van der Waals surface area contributed by atoms with Gasteiger partial charge in [-0.15, -0.1) is 0 Å². The van der Waals surface area contributed by atoms with E-state index in [4.69, 9.17) is 9.72 Å². The predicted octanol–water partition coefficient (Wildman–Crippen LogP) is 3.34. The smallest absolute Gasteiger partial charge is 0.184 e. The Morgan fingerprint density at radius 2 is 2.33 bits per heavy atom. The van der Waals surface area contributed by atoms with Gasteiger partial charge in [0.05, 0.1) is 28.5 Å². The maximum absolute atomic E-state index is 5.87. The topological polar surface area (TPSA) is 34.1 Å². The van der Waals surface area contributed by atoms with E-state index in [2.05, 4.69) is 30.4 Å². The number of nitrogens with one attached hydrogen (secondary N) is 1. The number of benzene rings is 1. The Bertz CT molecular complexity index is 594. The predicted molar refractivity (Wildman–Crippen MR) is 74.3 cm³/mol. The molecule has 3 atom stereocenters. The minimum absolute atomic E-state index is 0.406. The van der Waals surface area contributed by atoms with Gasteiger partial charge in [0.15, 0.2) is 5.13 Å². The lowest BCUT2D eigenvalue weighted by Crippen LogP contribution is -2.30. The second-order valence-electron chi connectivity index (χ2n) is 5.30. The fourth-order valence-electron chi connectivity index (χ4n) is 3.10. The van der Waals surface area contributed by atoms with Crippen molar-refractivity contribution < 1.29 is 4.74 Å². The SMILES string of the molecule is Cc1cccc2sc(NC3CC4CCC3O4)nc12. The number of anilines is 1. The average molecular weight is 260 g/mol. The Morgan fingerprint density at radius 3 is 3.06 bits per heavy atom. The van der Waals surface area contributed by atoms with Crippen LogP contribution in [0.2, 0.25) is 0 Å². The summed E-state index contributed by atoms with van der Waals surface area (Å²) in [5.41, 5.74) is 2.38. The van der Waals surface area contributed by atoms with Crippen LogP contribution in [0.1, 0.15) is 24.8 Å². The van der Waals surface area contributed by atoms with E-state index in [0.717, 1.165) is 17.1 Å². The maximum atomic E-state index is 5.87. The fraction of sp³-hybridized carbons (Fsp3) is 0.500. The summed E-state index contributed by atoms with van der Waals surface area (Å²) in [6.45, 7) is 2.12. The number of para-hydroxylation sites is 1. The molecule has 0 radical (unpaired) electrons. The Labute approximate surface area is 110 Å². The summed E-state index contributed by atoms with van der Waals surface area (Å²) in [6.07, 6.45) is 4.47. The van der Waals surface area contributed by atoms with Crippen LogP contribution in [0.4, 0.5) is 5.13 Å². The molecule has 2 fully saturated rings. The van der Waals surface area contributed by atoms with Gasteiger partial charge < -0.3 is 10.1 Å². The average Bonchev–Trinajstić information content (AvgIpc) is 3.03. The lowest BCUT2D eigenvalue weighted by molar-refractivity contribution is 0.102. The molecule has 1 aromatic heterocycles. The van der Waals surface area contributed by atoms with Crippen LogP contribution in [0.25, 0.3) is 10.2 Å². The number of hydrogen-bond donors (Lipinski definition) is 1. The van der Waals surface area contributed by atoms with E-state index in [1.165, 1.54) is 23.1 Å². The van der Waals surface area contributed by atoms with Gasteiger partial charge in [0, 0.05) is 0 Å². The van der Waals surface area contributed by atoms with Crippen LogP contribution in [0, 0.1) is 6.92 Å². The van der Waals surface area contributed by atoms with Crippen LogP contribution in [-0.4, -0.2) is 23.2 Å². The number of aryl methyl sites for hydroxylation is 1. The number of hydrogen-bond acceptors (Lipinski definition) is 4. The van der Waals surface area contributed by atoms with Crippen LogP contribution in [0.15, 0.2) is 18.2 Å². The van der Waals surface area contributed by atoms with Gasteiger partial charge in [0.1, 0.15) is 0 Å². The molecule has 3 unspecified atom stereocenters. The van der Waals surface area contributed by atoms with E-state index in [0.29, 0.717) is 18.2 Å². The van der Waals surface area contributed by atoms with Crippen molar-refractivity contribution in [2.24, 2.45) is 0 Å². The third kappa shape index (κ3) is 1.63. The maximum Gasteiger partial charge on any atom is 0.184 e. The third-order valence-electron chi connectivity index (χ3n) is 4.04. The van der Waals surface area contributed by atoms with Crippen molar-refractivity contribution in [2.75, 3.05) is 5.32 Å². The molecular formula is C14H16N2OS. The van der Waals surface area contributed by atoms with Gasteiger partial charge >= 0.3 is 0 Å². The molecule has 2 aromatic rings. The first kappa shape index (κ1) is 10.8. The van der Waals surface area contributed by atoms with Crippen LogP contribution in [0.3, 0.4) is 0 Å². The zero-order valence-electron chi connectivity index (χ0n) is 10.3. The van der Waals surface area contributed by atoms with E-state index in [1.807, 2.05) is 0 Å². The monoisotopic (exact) mass is 260 g/mol. The van der Waals surface area contributed by atoms with Crippen molar-refractivity contribution in [3.05, 3.63) is 23.8 Å². The number of aromatic nitrogens is 1. The number of ether oxygens (including phenoxy) is 1. The summed E-state index contributed by atoms with van der Waals surface area (Å²) in [7, 11) is 0. The molecule has 0 amide bonds. The quantitative estimate of drug-likeness (QED) is 0.899. The van der Waals surface area contributed by atoms with Crippen LogP contribution in [-0.2, 0) is 4.74 Å². The van der Waals surface area contributed by atoms with Crippen molar-refractivity contribution in [3.8, 4) is 0 Å². The van der Waals surface area contributed by atoms with E-state index in [1.54, 1.807) is 11.3 Å². The van der Waals surface area contributed by atoms with Gasteiger partial charge in [-0.3, -0.25) is 0 Å². The first-order chi connectivity index (χ1) is 8.79. The van der Waals surface area contributed by atoms with Crippen LogP contribution < -0.4 is 5.32 Å². The number of nitrogens with zero attached hydrogens (tertiary/aromatic N) is 1. The second kappa shape index (κ2) is 3.93.